The zero-order chi connectivity index (χ0) is 46.3. The molecule has 0 spiro atoms. The number of carbonyl (C=O) groups is 3. The summed E-state index contributed by atoms with van der Waals surface area (Å²) in [5, 5.41) is 33.9. The van der Waals surface area contributed by atoms with Crippen molar-refractivity contribution in [1.82, 2.24) is 0 Å². The molecule has 6 heteroatoms. The number of unbranched alkanes of at least 4 members (excludes halogenated alkanes) is 30. The fraction of sp³-hybridized carbons (Fsp3) is 0.807. The number of aliphatic hydroxyl groups excluding tert-OH is 2. The molecule has 0 rings (SSSR count). The van der Waals surface area contributed by atoms with Crippen molar-refractivity contribution in [2.45, 2.75) is 295 Å². The van der Waals surface area contributed by atoms with Gasteiger partial charge >= 0.3 is 0 Å². The van der Waals surface area contributed by atoms with Crippen LogP contribution in [0.25, 0.3) is 0 Å². The molecule has 3 atom stereocenters. The first-order valence-corrected chi connectivity index (χ1v) is 27.0. The molecule has 0 aromatic rings. The third-order valence-corrected chi connectivity index (χ3v) is 12.6. The maximum Gasteiger partial charge on any atom is 0.210 e. The summed E-state index contributed by atoms with van der Waals surface area (Å²) in [5.41, 5.74) is -2.78. The van der Waals surface area contributed by atoms with Gasteiger partial charge in [0.1, 0.15) is 12.2 Å². The Kier molecular flexibility index (Phi) is 44.8. The molecule has 0 fully saturated rings. The first kappa shape index (κ1) is 60.9. The quantitative estimate of drug-likeness (QED) is 0.0319. The van der Waals surface area contributed by atoms with Gasteiger partial charge in [-0.25, -0.2) is 0 Å². The molecule has 3 unspecified atom stereocenters. The minimum Gasteiger partial charge on any atom is -0.386 e. The van der Waals surface area contributed by atoms with Gasteiger partial charge in [0.15, 0.2) is 17.3 Å². The van der Waals surface area contributed by atoms with Crippen molar-refractivity contribution < 1.29 is 29.7 Å². The van der Waals surface area contributed by atoms with E-state index in [9.17, 15) is 29.7 Å². The van der Waals surface area contributed by atoms with E-state index < -0.39 is 35.2 Å². The minimum atomic E-state index is -2.78. The topological polar surface area (TPSA) is 112 Å². The highest BCUT2D eigenvalue weighted by molar-refractivity contribution is 6.11. The lowest BCUT2D eigenvalue weighted by molar-refractivity contribution is -0.174. The molecule has 0 bridgehead atoms. The van der Waals surface area contributed by atoms with Crippen LogP contribution in [0.2, 0.25) is 0 Å². The first-order valence-electron chi connectivity index (χ1n) is 27.0. The Morgan fingerprint density at radius 2 is 0.619 bits per heavy atom. The van der Waals surface area contributed by atoms with Crippen LogP contribution in [0.3, 0.4) is 0 Å². The molecule has 366 valence electrons. The molecular weight excluding hydrogens is 781 g/mol. The van der Waals surface area contributed by atoms with Gasteiger partial charge in [-0.15, -0.1) is 0 Å². The molecule has 0 aromatic carbocycles. The van der Waals surface area contributed by atoms with Crippen molar-refractivity contribution in [3.63, 3.8) is 0 Å². The van der Waals surface area contributed by atoms with Crippen molar-refractivity contribution in [2.24, 2.45) is 0 Å². The molecule has 6 nitrogen and oxygen atoms in total. The van der Waals surface area contributed by atoms with Crippen molar-refractivity contribution in [3.8, 4) is 0 Å². The predicted molar refractivity (Wildman–Crippen MR) is 270 cm³/mol. The van der Waals surface area contributed by atoms with Gasteiger partial charge in [0, 0.05) is 19.3 Å². The molecule has 0 saturated carbocycles. The maximum atomic E-state index is 13.6. The molecule has 63 heavy (non-hydrogen) atoms. The summed E-state index contributed by atoms with van der Waals surface area (Å²) in [6.45, 7) is 6.70. The van der Waals surface area contributed by atoms with Gasteiger partial charge in [0.25, 0.3) is 0 Å². The lowest BCUT2D eigenvalue weighted by Gasteiger charge is -2.32. The van der Waals surface area contributed by atoms with Gasteiger partial charge in [0.2, 0.25) is 5.60 Å². The van der Waals surface area contributed by atoms with E-state index in [1.165, 1.54) is 109 Å². The zero-order valence-corrected chi connectivity index (χ0v) is 41.6. The summed E-state index contributed by atoms with van der Waals surface area (Å²) >= 11 is 0. The average Bonchev–Trinajstić information content (AvgIpc) is 3.29. The van der Waals surface area contributed by atoms with E-state index in [4.69, 9.17) is 0 Å². The number of aliphatic hydroxyl groups is 3. The summed E-state index contributed by atoms with van der Waals surface area (Å²) in [5.74, 6) is -2.19. The highest BCUT2D eigenvalue weighted by Crippen LogP contribution is 2.25. The van der Waals surface area contributed by atoms with Crippen LogP contribution in [0.15, 0.2) is 48.6 Å². The van der Waals surface area contributed by atoms with Gasteiger partial charge in [-0.2, -0.15) is 0 Å². The smallest absolute Gasteiger partial charge is 0.210 e. The first-order chi connectivity index (χ1) is 30.8. The average molecular weight is 883 g/mol. The van der Waals surface area contributed by atoms with E-state index in [-0.39, 0.29) is 19.3 Å². The fourth-order valence-electron chi connectivity index (χ4n) is 8.28. The van der Waals surface area contributed by atoms with Crippen LogP contribution in [-0.4, -0.2) is 50.5 Å². The fourth-order valence-corrected chi connectivity index (χ4v) is 8.28. The number of hydrogen-bond donors (Lipinski definition) is 3. The molecule has 0 aliphatic rings. The normalized spacial score (nSPS) is 14.1. The Labute approximate surface area is 389 Å². The number of Topliss-reactive ketones (excluding diaryl/α,β-unsaturated/α-hetero) is 3. The number of hydrogen-bond acceptors (Lipinski definition) is 6. The predicted octanol–water partition coefficient (Wildman–Crippen LogP) is 16.0. The maximum absolute atomic E-state index is 13.6. The van der Waals surface area contributed by atoms with Crippen LogP contribution in [0.4, 0.5) is 0 Å². The van der Waals surface area contributed by atoms with Gasteiger partial charge in [-0.3, -0.25) is 14.4 Å². The molecule has 0 aliphatic carbocycles. The van der Waals surface area contributed by atoms with E-state index >= 15 is 0 Å². The summed E-state index contributed by atoms with van der Waals surface area (Å²) < 4.78 is 0. The van der Waals surface area contributed by atoms with E-state index in [1.807, 2.05) is 0 Å². The second kappa shape index (κ2) is 46.4. The largest absolute Gasteiger partial charge is 0.386 e. The molecule has 0 heterocycles. The molecule has 0 radical (unpaired) electrons. The van der Waals surface area contributed by atoms with Crippen LogP contribution in [0.5, 0.6) is 0 Å². The van der Waals surface area contributed by atoms with Crippen molar-refractivity contribution in [1.29, 1.82) is 0 Å². The number of rotatable bonds is 49. The standard InChI is InChI=1S/C57H102O6/c1-4-7-10-13-16-19-22-25-28-31-34-37-40-43-46-49-52(58)55(61)56(62)57(63,53(59)50-47-44-41-38-35-32-29-26-23-20-17-14-11-8-5-2)54(60)51-48-45-42-39-36-33-30-27-24-21-18-15-12-9-6-3/h16-17,19-20,25-26,28-29,55-56,61-63H,4-15,18,21-24,27,30-51H2,1-3H3/b19-16-,20-17-,28-25-,29-26-. The summed E-state index contributed by atoms with van der Waals surface area (Å²) in [6, 6.07) is 0. The van der Waals surface area contributed by atoms with Crippen LogP contribution in [0, 0.1) is 0 Å². The van der Waals surface area contributed by atoms with Crippen LogP contribution >= 0.6 is 0 Å². The van der Waals surface area contributed by atoms with E-state index in [0.717, 1.165) is 109 Å². The number of carbonyl (C=O) groups excluding carboxylic acids is 3. The monoisotopic (exact) mass is 883 g/mol. The highest BCUT2D eigenvalue weighted by Gasteiger charge is 2.52. The summed E-state index contributed by atoms with van der Waals surface area (Å²) in [7, 11) is 0. The van der Waals surface area contributed by atoms with E-state index in [0.29, 0.717) is 19.3 Å². The third kappa shape index (κ3) is 35.8. The van der Waals surface area contributed by atoms with Crippen LogP contribution in [0.1, 0.15) is 278 Å². The van der Waals surface area contributed by atoms with Crippen molar-refractivity contribution >= 4 is 17.3 Å². The molecule has 0 saturated heterocycles. The summed E-state index contributed by atoms with van der Waals surface area (Å²) in [6.07, 6.45) is 54.0. The Balaban J connectivity index is 4.84. The Morgan fingerprint density at radius 1 is 0.365 bits per heavy atom. The van der Waals surface area contributed by atoms with Gasteiger partial charge in [-0.1, -0.05) is 223 Å². The van der Waals surface area contributed by atoms with Gasteiger partial charge in [-0.05, 0) is 83.5 Å². The van der Waals surface area contributed by atoms with Gasteiger partial charge < -0.3 is 15.3 Å². The Morgan fingerprint density at radius 3 is 0.952 bits per heavy atom. The second-order valence-electron chi connectivity index (χ2n) is 18.6. The van der Waals surface area contributed by atoms with E-state index in [1.54, 1.807) is 0 Å². The van der Waals surface area contributed by atoms with E-state index in [2.05, 4.69) is 69.4 Å². The number of allylic oxidation sites excluding steroid dienone is 8. The Bertz CT molecular complexity index is 1170. The zero-order valence-electron chi connectivity index (χ0n) is 41.6. The molecule has 0 amide bonds. The molecule has 0 aromatic heterocycles. The lowest BCUT2D eigenvalue weighted by Crippen LogP contribution is -2.61. The lowest BCUT2D eigenvalue weighted by atomic mass is 9.79. The summed E-state index contributed by atoms with van der Waals surface area (Å²) in [4.78, 5) is 40.3. The van der Waals surface area contributed by atoms with Crippen molar-refractivity contribution in [2.75, 3.05) is 0 Å². The third-order valence-electron chi connectivity index (χ3n) is 12.6. The van der Waals surface area contributed by atoms with Gasteiger partial charge in [0.05, 0.1) is 0 Å². The highest BCUT2D eigenvalue weighted by atomic mass is 16.4. The van der Waals surface area contributed by atoms with Crippen molar-refractivity contribution in [3.05, 3.63) is 48.6 Å². The van der Waals surface area contributed by atoms with Crippen LogP contribution < -0.4 is 0 Å². The molecular formula is C57H102O6. The Hall–Kier alpha value is -2.15. The minimum absolute atomic E-state index is 0.0329. The number of ketones is 3. The SMILES string of the molecule is CCCCC/C=C\C/C=C\CCCCCCCC(=O)C(O)C(O)C(O)(C(=O)CCCCCCC/C=C\C/C=C\CCCCC)C(=O)CCCCCCCCCCCCCCCCC. The second-order valence-corrected chi connectivity index (χ2v) is 18.6. The molecule has 3 N–H and O–H groups in total. The van der Waals surface area contributed by atoms with Crippen LogP contribution in [-0.2, 0) is 14.4 Å². The molecule has 0 aliphatic heterocycles.